The molecule has 26 heavy (non-hydrogen) atoms. The van der Waals surface area contributed by atoms with Crippen LogP contribution in [0.25, 0.3) is 10.9 Å². The van der Waals surface area contributed by atoms with Crippen molar-refractivity contribution in [1.82, 2.24) is 15.4 Å². The molecule has 0 aliphatic rings. The molecule has 0 aliphatic carbocycles. The van der Waals surface area contributed by atoms with Crippen LogP contribution in [-0.2, 0) is 16.0 Å². The first-order valence-corrected chi connectivity index (χ1v) is 8.63. The molecule has 2 aromatic rings. The molecule has 2 rings (SSSR count). The Morgan fingerprint density at radius 1 is 1.15 bits per heavy atom. The predicted octanol–water partition coefficient (Wildman–Crippen LogP) is 4.28. The van der Waals surface area contributed by atoms with E-state index in [9.17, 15) is 9.59 Å². The molecule has 0 saturated heterocycles. The molecule has 0 saturated carbocycles. The van der Waals surface area contributed by atoms with Gasteiger partial charge in [0.25, 0.3) is 0 Å². The number of nitrogens with one attached hydrogen (secondary N) is 1. The van der Waals surface area contributed by atoms with E-state index in [-0.39, 0.29) is 18.8 Å². The standard InChI is InChI=1S/C18H22ClN3O4/c1-11(2)25-17(23)21-22(18(24)26-12(3)4)10-13-7-8-15(19)14-6-5-9-20-16(13)14/h5-9,11-12H,10H2,1-4H3,(H,21,23). The molecule has 0 aliphatic heterocycles. The summed E-state index contributed by atoms with van der Waals surface area (Å²) in [6.45, 7) is 6.92. The fourth-order valence-corrected chi connectivity index (χ4v) is 2.48. The van der Waals surface area contributed by atoms with Crippen LogP contribution < -0.4 is 5.43 Å². The van der Waals surface area contributed by atoms with E-state index < -0.39 is 12.2 Å². The van der Waals surface area contributed by atoms with Gasteiger partial charge in [-0.05, 0) is 45.9 Å². The molecule has 2 amide bonds. The molecule has 0 fully saturated rings. The fourth-order valence-electron chi connectivity index (χ4n) is 2.26. The van der Waals surface area contributed by atoms with Gasteiger partial charge in [-0.1, -0.05) is 17.7 Å². The number of carbonyl (C=O) groups is 2. The Bertz CT molecular complexity index is 795. The van der Waals surface area contributed by atoms with E-state index in [0.717, 1.165) is 10.4 Å². The van der Waals surface area contributed by atoms with Crippen molar-refractivity contribution < 1.29 is 19.1 Å². The van der Waals surface area contributed by atoms with Gasteiger partial charge < -0.3 is 9.47 Å². The van der Waals surface area contributed by atoms with Crippen LogP contribution in [0, 0.1) is 0 Å². The summed E-state index contributed by atoms with van der Waals surface area (Å²) in [7, 11) is 0. The highest BCUT2D eigenvalue weighted by Crippen LogP contribution is 2.25. The van der Waals surface area contributed by atoms with Gasteiger partial charge in [0.05, 0.1) is 24.3 Å². The van der Waals surface area contributed by atoms with Gasteiger partial charge >= 0.3 is 12.2 Å². The van der Waals surface area contributed by atoms with Gasteiger partial charge in [-0.2, -0.15) is 0 Å². The van der Waals surface area contributed by atoms with Gasteiger partial charge in [0.2, 0.25) is 0 Å². The number of nitrogens with zero attached hydrogens (tertiary/aromatic N) is 2. The summed E-state index contributed by atoms with van der Waals surface area (Å²) < 4.78 is 10.2. The van der Waals surface area contributed by atoms with Crippen molar-refractivity contribution in [3.05, 3.63) is 41.0 Å². The minimum atomic E-state index is -0.744. The third-order valence-corrected chi connectivity index (χ3v) is 3.58. The van der Waals surface area contributed by atoms with Gasteiger partial charge in [-0.3, -0.25) is 4.98 Å². The van der Waals surface area contributed by atoms with Crippen LogP contribution in [0.15, 0.2) is 30.5 Å². The van der Waals surface area contributed by atoms with Crippen molar-refractivity contribution in [2.24, 2.45) is 0 Å². The summed E-state index contributed by atoms with van der Waals surface area (Å²) in [5.41, 5.74) is 3.76. The maximum absolute atomic E-state index is 12.4. The van der Waals surface area contributed by atoms with E-state index in [1.54, 1.807) is 52.1 Å². The number of rotatable bonds is 4. The number of hydrogen-bond donors (Lipinski definition) is 1. The molecule has 0 bridgehead atoms. The van der Waals surface area contributed by atoms with E-state index in [2.05, 4.69) is 10.4 Å². The first kappa shape index (κ1) is 19.8. The zero-order valence-corrected chi connectivity index (χ0v) is 15.9. The molecule has 1 aromatic carbocycles. The van der Waals surface area contributed by atoms with Crippen LogP contribution in [0.4, 0.5) is 9.59 Å². The number of benzene rings is 1. The Morgan fingerprint density at radius 2 is 1.85 bits per heavy atom. The second-order valence-corrected chi connectivity index (χ2v) is 6.60. The minimum absolute atomic E-state index is 0.0451. The lowest BCUT2D eigenvalue weighted by molar-refractivity contribution is 0.0445. The number of hydrogen-bond acceptors (Lipinski definition) is 5. The van der Waals surface area contributed by atoms with Gasteiger partial charge in [0.15, 0.2) is 0 Å². The van der Waals surface area contributed by atoms with Crippen molar-refractivity contribution in [2.45, 2.75) is 46.4 Å². The number of halogens is 1. The maximum atomic E-state index is 12.4. The van der Waals surface area contributed by atoms with Crippen LogP contribution in [0.3, 0.4) is 0 Å². The number of hydrazine groups is 1. The average molecular weight is 380 g/mol. The fraction of sp³-hybridized carbons (Fsp3) is 0.389. The summed E-state index contributed by atoms with van der Waals surface area (Å²) in [4.78, 5) is 28.6. The highest BCUT2D eigenvalue weighted by atomic mass is 35.5. The Balaban J connectivity index is 2.30. The average Bonchev–Trinajstić information content (AvgIpc) is 2.55. The second-order valence-electron chi connectivity index (χ2n) is 6.19. The van der Waals surface area contributed by atoms with E-state index in [1.165, 1.54) is 0 Å². The molecule has 8 heteroatoms. The molecular formula is C18H22ClN3O4. The highest BCUT2D eigenvalue weighted by Gasteiger charge is 2.22. The van der Waals surface area contributed by atoms with Crippen LogP contribution >= 0.6 is 11.6 Å². The first-order valence-electron chi connectivity index (χ1n) is 8.25. The van der Waals surface area contributed by atoms with Gasteiger partial charge in [-0.15, -0.1) is 0 Å². The monoisotopic (exact) mass is 379 g/mol. The van der Waals surface area contributed by atoms with Gasteiger partial charge in [0, 0.05) is 22.2 Å². The van der Waals surface area contributed by atoms with Crippen LogP contribution in [0.5, 0.6) is 0 Å². The third kappa shape index (κ3) is 5.23. The van der Waals surface area contributed by atoms with Crippen molar-refractivity contribution in [1.29, 1.82) is 0 Å². The smallest absolute Gasteiger partial charge is 0.429 e. The molecule has 0 spiro atoms. The molecule has 1 heterocycles. The molecular weight excluding hydrogens is 358 g/mol. The number of carbonyl (C=O) groups excluding carboxylic acids is 2. The largest absolute Gasteiger partial charge is 0.446 e. The summed E-state index contributed by atoms with van der Waals surface area (Å²) in [5.74, 6) is 0. The minimum Gasteiger partial charge on any atom is -0.446 e. The Hall–Kier alpha value is -2.54. The molecule has 1 aromatic heterocycles. The summed E-state index contributed by atoms with van der Waals surface area (Å²) in [6.07, 6.45) is -0.463. The molecule has 1 N–H and O–H groups in total. The maximum Gasteiger partial charge on any atom is 0.429 e. The highest BCUT2D eigenvalue weighted by molar-refractivity contribution is 6.35. The van der Waals surface area contributed by atoms with Gasteiger partial charge in [0.1, 0.15) is 0 Å². The molecule has 0 unspecified atom stereocenters. The van der Waals surface area contributed by atoms with Crippen molar-refractivity contribution in [3.63, 3.8) is 0 Å². The zero-order valence-electron chi connectivity index (χ0n) is 15.2. The lowest BCUT2D eigenvalue weighted by atomic mass is 10.1. The number of pyridine rings is 1. The number of ether oxygens (including phenoxy) is 2. The lowest BCUT2D eigenvalue weighted by Gasteiger charge is -2.24. The van der Waals surface area contributed by atoms with Crippen molar-refractivity contribution in [3.8, 4) is 0 Å². The van der Waals surface area contributed by atoms with Crippen molar-refractivity contribution >= 4 is 34.7 Å². The second kappa shape index (κ2) is 8.71. The first-order chi connectivity index (χ1) is 12.3. The quantitative estimate of drug-likeness (QED) is 0.801. The summed E-state index contributed by atoms with van der Waals surface area (Å²) >= 11 is 6.20. The van der Waals surface area contributed by atoms with E-state index in [0.29, 0.717) is 16.1 Å². The Labute approximate surface area is 157 Å². The van der Waals surface area contributed by atoms with Gasteiger partial charge in [-0.25, -0.2) is 20.0 Å². The molecule has 0 atom stereocenters. The Morgan fingerprint density at radius 3 is 2.50 bits per heavy atom. The summed E-state index contributed by atoms with van der Waals surface area (Å²) in [6, 6.07) is 7.09. The Kier molecular flexibility index (Phi) is 6.63. The normalized spacial score (nSPS) is 10.9. The van der Waals surface area contributed by atoms with Crippen LogP contribution in [-0.4, -0.2) is 34.4 Å². The number of fused-ring (bicyclic) bond motifs is 1. The SMILES string of the molecule is CC(C)OC(=O)NN(Cc1ccc(Cl)c2cccnc12)C(=O)OC(C)C. The van der Waals surface area contributed by atoms with Crippen LogP contribution in [0.1, 0.15) is 33.3 Å². The van der Waals surface area contributed by atoms with Crippen molar-refractivity contribution in [2.75, 3.05) is 0 Å². The molecule has 0 radical (unpaired) electrons. The molecule has 140 valence electrons. The van der Waals surface area contributed by atoms with E-state index in [4.69, 9.17) is 21.1 Å². The van der Waals surface area contributed by atoms with Crippen LogP contribution in [0.2, 0.25) is 5.02 Å². The topological polar surface area (TPSA) is 80.8 Å². The predicted molar refractivity (Wildman–Crippen MR) is 98.7 cm³/mol. The zero-order chi connectivity index (χ0) is 19.3. The van der Waals surface area contributed by atoms with E-state index >= 15 is 0 Å². The third-order valence-electron chi connectivity index (χ3n) is 3.25. The summed E-state index contributed by atoms with van der Waals surface area (Å²) in [5, 5.41) is 2.37. The lowest BCUT2D eigenvalue weighted by Crippen LogP contribution is -2.47. The number of aromatic nitrogens is 1. The molecule has 7 nitrogen and oxygen atoms in total. The number of amides is 2. The van der Waals surface area contributed by atoms with E-state index in [1.807, 2.05) is 6.07 Å².